The Hall–Kier alpha value is -1.46. The number of terminal acetylenes is 1. The molecular formula is C22H28O2. The number of benzene rings is 1. The molecule has 128 valence electrons. The van der Waals surface area contributed by atoms with E-state index in [1.807, 2.05) is 12.1 Å². The Balaban J connectivity index is 1.80. The predicted molar refractivity (Wildman–Crippen MR) is 95.7 cm³/mol. The molecule has 0 heterocycles. The fraction of sp³-hybridized carbons (Fsp3) is 0.636. The van der Waals surface area contributed by atoms with Crippen LogP contribution >= 0.6 is 0 Å². The van der Waals surface area contributed by atoms with Crippen LogP contribution in [0.2, 0.25) is 0 Å². The Bertz CT molecular complexity index is 702. The quantitative estimate of drug-likeness (QED) is 0.758. The summed E-state index contributed by atoms with van der Waals surface area (Å²) in [5.41, 5.74) is 1.67. The average Bonchev–Trinajstić information content (AvgIpc) is 2.85. The largest absolute Gasteiger partial charge is 0.508 e. The molecule has 2 heteroatoms. The lowest BCUT2D eigenvalue weighted by molar-refractivity contribution is -0.0845. The van der Waals surface area contributed by atoms with Crippen LogP contribution in [0.15, 0.2) is 18.2 Å². The molecule has 0 aromatic heterocycles. The van der Waals surface area contributed by atoms with Gasteiger partial charge in [0.25, 0.3) is 0 Å². The molecule has 0 aliphatic heterocycles. The molecule has 1 aromatic carbocycles. The first-order valence-corrected chi connectivity index (χ1v) is 9.45. The number of aliphatic hydroxyl groups is 1. The van der Waals surface area contributed by atoms with Crippen molar-refractivity contribution in [2.75, 3.05) is 0 Å². The lowest BCUT2D eigenvalue weighted by Crippen LogP contribution is -2.52. The van der Waals surface area contributed by atoms with Crippen LogP contribution in [0.4, 0.5) is 0 Å². The highest BCUT2D eigenvalue weighted by atomic mass is 16.3. The van der Waals surface area contributed by atoms with Gasteiger partial charge in [-0.3, -0.25) is 0 Å². The van der Waals surface area contributed by atoms with E-state index in [1.165, 1.54) is 11.1 Å². The van der Waals surface area contributed by atoms with E-state index in [4.69, 9.17) is 6.42 Å². The van der Waals surface area contributed by atoms with Crippen molar-refractivity contribution >= 4 is 0 Å². The van der Waals surface area contributed by atoms with Crippen LogP contribution < -0.4 is 0 Å². The molecule has 3 aliphatic carbocycles. The van der Waals surface area contributed by atoms with Crippen molar-refractivity contribution in [1.82, 2.24) is 0 Å². The minimum Gasteiger partial charge on any atom is -0.508 e. The van der Waals surface area contributed by atoms with Gasteiger partial charge in [-0.1, -0.05) is 32.3 Å². The van der Waals surface area contributed by atoms with Gasteiger partial charge in [0.05, 0.1) is 0 Å². The molecular weight excluding hydrogens is 296 g/mol. The second kappa shape index (κ2) is 5.27. The number of hydrogen-bond acceptors (Lipinski definition) is 2. The fourth-order valence-electron chi connectivity index (χ4n) is 6.51. The molecule has 1 unspecified atom stereocenters. The highest BCUT2D eigenvalue weighted by Gasteiger charge is 2.62. The third-order valence-electron chi connectivity index (χ3n) is 7.75. The van der Waals surface area contributed by atoms with Crippen molar-refractivity contribution in [2.45, 2.75) is 63.9 Å². The Morgan fingerprint density at radius 1 is 1.33 bits per heavy atom. The fourth-order valence-corrected chi connectivity index (χ4v) is 6.51. The molecule has 6 atom stereocenters. The van der Waals surface area contributed by atoms with Crippen molar-refractivity contribution in [3.8, 4) is 18.1 Å². The van der Waals surface area contributed by atoms with Gasteiger partial charge >= 0.3 is 0 Å². The summed E-state index contributed by atoms with van der Waals surface area (Å²) in [4.78, 5) is 0. The minimum atomic E-state index is -0.939. The summed E-state index contributed by atoms with van der Waals surface area (Å²) >= 11 is 0. The Morgan fingerprint density at radius 2 is 2.12 bits per heavy atom. The minimum absolute atomic E-state index is 0.155. The summed E-state index contributed by atoms with van der Waals surface area (Å²) in [5.74, 6) is 5.37. The first-order chi connectivity index (χ1) is 11.4. The monoisotopic (exact) mass is 324 g/mol. The van der Waals surface area contributed by atoms with Crippen LogP contribution in [0.1, 0.15) is 63.0 Å². The van der Waals surface area contributed by atoms with Crippen molar-refractivity contribution in [3.05, 3.63) is 29.3 Å². The summed E-state index contributed by atoms with van der Waals surface area (Å²) in [6.45, 7) is 4.51. The topological polar surface area (TPSA) is 40.5 Å². The van der Waals surface area contributed by atoms with Crippen molar-refractivity contribution in [2.24, 2.45) is 23.2 Å². The van der Waals surface area contributed by atoms with E-state index in [0.29, 0.717) is 29.4 Å². The maximum atomic E-state index is 11.1. The van der Waals surface area contributed by atoms with E-state index in [2.05, 4.69) is 25.8 Å². The van der Waals surface area contributed by atoms with Crippen LogP contribution in [0.3, 0.4) is 0 Å². The van der Waals surface area contributed by atoms with Gasteiger partial charge in [-0.15, -0.1) is 6.42 Å². The molecule has 2 nitrogen and oxygen atoms in total. The van der Waals surface area contributed by atoms with Crippen molar-refractivity contribution < 1.29 is 10.2 Å². The van der Waals surface area contributed by atoms with Crippen LogP contribution in [0.25, 0.3) is 0 Å². The molecule has 1 aromatic rings. The van der Waals surface area contributed by atoms with Gasteiger partial charge in [0, 0.05) is 5.41 Å². The normalized spacial score (nSPS) is 43.4. The first kappa shape index (κ1) is 16.0. The van der Waals surface area contributed by atoms with E-state index in [9.17, 15) is 10.2 Å². The predicted octanol–water partition coefficient (Wildman–Crippen LogP) is 4.25. The zero-order valence-electron chi connectivity index (χ0n) is 14.8. The first-order valence-electron chi connectivity index (χ1n) is 9.45. The van der Waals surface area contributed by atoms with Crippen molar-refractivity contribution in [3.63, 3.8) is 0 Å². The molecule has 0 bridgehead atoms. The van der Waals surface area contributed by atoms with Crippen molar-refractivity contribution in [1.29, 1.82) is 0 Å². The number of phenols is 1. The van der Waals surface area contributed by atoms with Crippen LogP contribution in [-0.2, 0) is 6.42 Å². The van der Waals surface area contributed by atoms with Crippen LogP contribution in [0.5, 0.6) is 5.75 Å². The lowest BCUT2D eigenvalue weighted by Gasteiger charge is -2.55. The third-order valence-corrected chi connectivity index (χ3v) is 7.75. The second-order valence-electron chi connectivity index (χ2n) is 8.55. The summed E-state index contributed by atoms with van der Waals surface area (Å²) in [6.07, 6.45) is 11.9. The van der Waals surface area contributed by atoms with E-state index in [-0.39, 0.29) is 5.41 Å². The molecule has 4 rings (SSSR count). The summed E-state index contributed by atoms with van der Waals surface area (Å²) in [6, 6.07) is 5.95. The van der Waals surface area contributed by atoms with E-state index in [1.54, 1.807) is 0 Å². The van der Waals surface area contributed by atoms with Gasteiger partial charge in [-0.25, -0.2) is 0 Å². The summed E-state index contributed by atoms with van der Waals surface area (Å²) in [7, 11) is 0. The van der Waals surface area contributed by atoms with Gasteiger partial charge in [-0.05, 0) is 79.0 Å². The number of phenolic OH excluding ortho intramolecular Hbond substituents is 1. The molecule has 2 N–H and O–H groups in total. The number of aromatic hydroxyl groups is 1. The number of hydrogen-bond donors (Lipinski definition) is 2. The molecule has 0 amide bonds. The third kappa shape index (κ3) is 1.94. The Labute approximate surface area is 145 Å². The van der Waals surface area contributed by atoms with Gasteiger partial charge < -0.3 is 10.2 Å². The molecule has 3 aliphatic rings. The SMILES string of the molecule is C#C[C@]1(O)CC[C@H]2[C@@H]3CCc4cc(O)ccc4[C@H]3C(CC)C[C@@]21C. The number of rotatable bonds is 1. The molecule has 2 saturated carbocycles. The lowest BCUT2D eigenvalue weighted by atomic mass is 9.49. The zero-order valence-corrected chi connectivity index (χ0v) is 14.8. The maximum absolute atomic E-state index is 11.1. The Kier molecular flexibility index (Phi) is 3.52. The number of aryl methyl sites for hydroxylation is 1. The van der Waals surface area contributed by atoms with Gasteiger partial charge in [0.2, 0.25) is 0 Å². The van der Waals surface area contributed by atoms with Gasteiger partial charge in [0.15, 0.2) is 0 Å². The van der Waals surface area contributed by atoms with E-state index < -0.39 is 5.60 Å². The van der Waals surface area contributed by atoms with E-state index >= 15 is 0 Å². The number of fused-ring (bicyclic) bond motifs is 5. The maximum Gasteiger partial charge on any atom is 0.130 e. The average molecular weight is 324 g/mol. The molecule has 0 radical (unpaired) electrons. The molecule has 0 saturated heterocycles. The van der Waals surface area contributed by atoms with Gasteiger partial charge in [0.1, 0.15) is 11.4 Å². The van der Waals surface area contributed by atoms with Gasteiger partial charge in [-0.2, -0.15) is 0 Å². The summed E-state index contributed by atoms with van der Waals surface area (Å²) < 4.78 is 0. The summed E-state index contributed by atoms with van der Waals surface area (Å²) in [5, 5.41) is 21.0. The highest BCUT2D eigenvalue weighted by molar-refractivity contribution is 5.41. The van der Waals surface area contributed by atoms with Crippen LogP contribution in [-0.4, -0.2) is 15.8 Å². The smallest absolute Gasteiger partial charge is 0.130 e. The van der Waals surface area contributed by atoms with E-state index in [0.717, 1.165) is 38.5 Å². The standard InChI is InChI=1S/C22H28O2/c1-4-14-13-21(3)19(10-11-22(21,24)5-2)18-8-6-15-12-16(23)7-9-17(15)20(14)18/h2,7,9,12,14,18-20,23-24H,4,6,8,10-11,13H2,1,3H3/t14?,18-,19-,20+,21-,22-/m0/s1. The Morgan fingerprint density at radius 3 is 2.83 bits per heavy atom. The molecule has 0 spiro atoms. The van der Waals surface area contributed by atoms with Crippen LogP contribution in [0, 0.1) is 35.5 Å². The second-order valence-corrected chi connectivity index (χ2v) is 8.55. The molecule has 24 heavy (non-hydrogen) atoms. The zero-order chi connectivity index (χ0) is 17.1. The highest BCUT2D eigenvalue weighted by Crippen LogP contribution is 2.66. The molecule has 2 fully saturated rings.